The maximum absolute atomic E-state index is 12.4. The zero-order valence-corrected chi connectivity index (χ0v) is 12.0. The monoisotopic (exact) mass is 270 g/mol. The quantitative estimate of drug-likeness (QED) is 0.625. The molecule has 0 aromatic carbocycles. The van der Waals surface area contributed by atoms with Crippen molar-refractivity contribution in [2.45, 2.75) is 58.4 Å². The number of unbranched alkanes of at least 4 members (excludes halogenated alkanes) is 1. The van der Waals surface area contributed by atoms with Crippen LogP contribution in [-0.4, -0.2) is 36.1 Å². The molecule has 0 spiro atoms. The van der Waals surface area contributed by atoms with E-state index in [0.717, 1.165) is 38.6 Å². The Hall–Kier alpha value is -1.10. The predicted molar refractivity (Wildman–Crippen MR) is 73.9 cm³/mol. The Labute approximate surface area is 115 Å². The number of hydrogen-bond donors (Lipinski definition) is 3. The largest absolute Gasteiger partial charge is 0.480 e. The van der Waals surface area contributed by atoms with Crippen molar-refractivity contribution in [1.29, 1.82) is 0 Å². The molecule has 1 aliphatic rings. The Morgan fingerprint density at radius 1 is 1.37 bits per heavy atom. The number of carbonyl (C=O) groups is 2. The van der Waals surface area contributed by atoms with E-state index in [9.17, 15) is 14.7 Å². The number of carboxylic acids is 1. The molecule has 0 saturated carbocycles. The first-order valence-corrected chi connectivity index (χ1v) is 7.30. The first-order valence-electron chi connectivity index (χ1n) is 7.30. The minimum Gasteiger partial charge on any atom is -0.480 e. The Bertz CT molecular complexity index is 312. The smallest absolute Gasteiger partial charge is 0.326 e. The SMILES string of the molecule is CCCC[C@H](NC(=O)C1(CCC)CCNC1)C(=O)O. The first kappa shape index (κ1) is 16.0. The van der Waals surface area contributed by atoms with E-state index in [0.29, 0.717) is 13.0 Å². The van der Waals surface area contributed by atoms with E-state index in [1.165, 1.54) is 0 Å². The molecule has 19 heavy (non-hydrogen) atoms. The molecule has 0 aromatic rings. The maximum Gasteiger partial charge on any atom is 0.326 e. The van der Waals surface area contributed by atoms with Crippen molar-refractivity contribution in [3.8, 4) is 0 Å². The van der Waals surface area contributed by atoms with Gasteiger partial charge in [-0.25, -0.2) is 4.79 Å². The van der Waals surface area contributed by atoms with Crippen molar-refractivity contribution in [3.63, 3.8) is 0 Å². The van der Waals surface area contributed by atoms with E-state index in [2.05, 4.69) is 17.6 Å². The van der Waals surface area contributed by atoms with Crippen molar-refractivity contribution < 1.29 is 14.7 Å². The lowest BCUT2D eigenvalue weighted by atomic mass is 9.81. The molecule has 1 fully saturated rings. The van der Waals surface area contributed by atoms with Crippen LogP contribution in [0.5, 0.6) is 0 Å². The summed E-state index contributed by atoms with van der Waals surface area (Å²) in [5.74, 6) is -1.03. The fourth-order valence-electron chi connectivity index (χ4n) is 2.72. The third-order valence-electron chi connectivity index (χ3n) is 3.90. The average molecular weight is 270 g/mol. The maximum atomic E-state index is 12.4. The van der Waals surface area contributed by atoms with Crippen LogP contribution in [0.15, 0.2) is 0 Å². The van der Waals surface area contributed by atoms with Gasteiger partial charge in [0.25, 0.3) is 0 Å². The lowest BCUT2D eigenvalue weighted by Gasteiger charge is -2.28. The number of hydrogen-bond acceptors (Lipinski definition) is 3. The number of nitrogens with one attached hydrogen (secondary N) is 2. The number of carbonyl (C=O) groups excluding carboxylic acids is 1. The topological polar surface area (TPSA) is 78.4 Å². The molecule has 1 saturated heterocycles. The molecule has 0 aliphatic carbocycles. The van der Waals surface area contributed by atoms with Gasteiger partial charge < -0.3 is 15.7 Å². The van der Waals surface area contributed by atoms with Crippen LogP contribution in [0.25, 0.3) is 0 Å². The molecule has 5 nitrogen and oxygen atoms in total. The van der Waals surface area contributed by atoms with Gasteiger partial charge in [-0.15, -0.1) is 0 Å². The van der Waals surface area contributed by atoms with Crippen LogP contribution in [0.1, 0.15) is 52.4 Å². The molecule has 1 aliphatic heterocycles. The zero-order valence-electron chi connectivity index (χ0n) is 12.0. The van der Waals surface area contributed by atoms with Gasteiger partial charge in [-0.2, -0.15) is 0 Å². The van der Waals surface area contributed by atoms with Gasteiger partial charge in [0, 0.05) is 6.54 Å². The highest BCUT2D eigenvalue weighted by Gasteiger charge is 2.41. The van der Waals surface area contributed by atoms with E-state index in [4.69, 9.17) is 0 Å². The minimum atomic E-state index is -0.931. The van der Waals surface area contributed by atoms with E-state index < -0.39 is 17.4 Å². The number of aliphatic carboxylic acids is 1. The van der Waals surface area contributed by atoms with Crippen LogP contribution in [0.3, 0.4) is 0 Å². The molecule has 0 bridgehead atoms. The summed E-state index contributed by atoms with van der Waals surface area (Å²) in [6, 6.07) is -0.748. The van der Waals surface area contributed by atoms with Gasteiger partial charge in [-0.1, -0.05) is 33.1 Å². The number of amides is 1. The molecule has 1 unspecified atom stereocenters. The van der Waals surface area contributed by atoms with Crippen LogP contribution >= 0.6 is 0 Å². The zero-order chi connectivity index (χ0) is 14.3. The Kier molecular flexibility index (Phi) is 6.28. The van der Waals surface area contributed by atoms with Crippen LogP contribution in [0.2, 0.25) is 0 Å². The summed E-state index contributed by atoms with van der Waals surface area (Å²) in [4.78, 5) is 23.6. The normalized spacial score (nSPS) is 24.1. The minimum absolute atomic E-state index is 0.0946. The Balaban J connectivity index is 2.65. The molecule has 0 radical (unpaired) electrons. The standard InChI is InChI=1S/C14H26N2O3/c1-3-5-6-11(12(17)18)16-13(19)14(7-4-2)8-9-15-10-14/h11,15H,3-10H2,1-2H3,(H,16,19)(H,17,18)/t11-,14?/m0/s1. The van der Waals surface area contributed by atoms with Gasteiger partial charge in [0.1, 0.15) is 6.04 Å². The summed E-state index contributed by atoms with van der Waals surface area (Å²) in [6.07, 6.45) is 4.80. The number of rotatable bonds is 8. The van der Waals surface area contributed by atoms with Gasteiger partial charge in [0.2, 0.25) is 5.91 Å². The lowest BCUT2D eigenvalue weighted by Crippen LogP contribution is -2.49. The van der Waals surface area contributed by atoms with E-state index in [-0.39, 0.29) is 5.91 Å². The molecule has 1 amide bonds. The van der Waals surface area contributed by atoms with Gasteiger partial charge in [-0.05, 0) is 25.8 Å². The van der Waals surface area contributed by atoms with Crippen LogP contribution < -0.4 is 10.6 Å². The molecule has 1 rings (SSSR count). The summed E-state index contributed by atoms with van der Waals surface area (Å²) in [7, 11) is 0. The van der Waals surface area contributed by atoms with Crippen molar-refractivity contribution in [2.75, 3.05) is 13.1 Å². The second kappa shape index (κ2) is 7.48. The third kappa shape index (κ3) is 4.20. The highest BCUT2D eigenvalue weighted by atomic mass is 16.4. The van der Waals surface area contributed by atoms with Gasteiger partial charge in [0.05, 0.1) is 5.41 Å². The predicted octanol–water partition coefficient (Wildman–Crippen LogP) is 1.53. The van der Waals surface area contributed by atoms with Crippen molar-refractivity contribution >= 4 is 11.9 Å². The summed E-state index contributed by atoms with van der Waals surface area (Å²) in [5.41, 5.74) is -0.408. The highest BCUT2D eigenvalue weighted by molar-refractivity contribution is 5.87. The molecule has 3 N–H and O–H groups in total. The summed E-state index contributed by atoms with van der Waals surface area (Å²) in [5, 5.41) is 15.1. The van der Waals surface area contributed by atoms with E-state index in [1.54, 1.807) is 0 Å². The van der Waals surface area contributed by atoms with Crippen LogP contribution in [-0.2, 0) is 9.59 Å². The van der Waals surface area contributed by atoms with Gasteiger partial charge >= 0.3 is 5.97 Å². The first-order chi connectivity index (χ1) is 9.05. The molecule has 1 heterocycles. The van der Waals surface area contributed by atoms with E-state index in [1.807, 2.05) is 6.92 Å². The van der Waals surface area contributed by atoms with Crippen molar-refractivity contribution in [3.05, 3.63) is 0 Å². The number of carboxylic acid groups (broad SMARTS) is 1. The van der Waals surface area contributed by atoms with Crippen molar-refractivity contribution in [1.82, 2.24) is 10.6 Å². The lowest BCUT2D eigenvalue weighted by molar-refractivity contribution is -0.144. The molecular weight excluding hydrogens is 244 g/mol. The fourth-order valence-corrected chi connectivity index (χ4v) is 2.72. The molecule has 0 aromatic heterocycles. The van der Waals surface area contributed by atoms with Crippen LogP contribution in [0, 0.1) is 5.41 Å². The van der Waals surface area contributed by atoms with Gasteiger partial charge in [0.15, 0.2) is 0 Å². The Morgan fingerprint density at radius 2 is 2.11 bits per heavy atom. The average Bonchev–Trinajstić information content (AvgIpc) is 2.84. The van der Waals surface area contributed by atoms with E-state index >= 15 is 0 Å². The summed E-state index contributed by atoms with van der Waals surface area (Å²) >= 11 is 0. The van der Waals surface area contributed by atoms with Crippen LogP contribution in [0.4, 0.5) is 0 Å². The molecule has 110 valence electrons. The third-order valence-corrected chi connectivity index (χ3v) is 3.90. The molecule has 2 atom stereocenters. The fraction of sp³-hybridized carbons (Fsp3) is 0.857. The highest BCUT2D eigenvalue weighted by Crippen LogP contribution is 2.31. The van der Waals surface area contributed by atoms with Crippen molar-refractivity contribution in [2.24, 2.45) is 5.41 Å². The second-order valence-corrected chi connectivity index (χ2v) is 5.46. The second-order valence-electron chi connectivity index (χ2n) is 5.46. The molecule has 5 heteroatoms. The summed E-state index contributed by atoms with van der Waals surface area (Å²) in [6.45, 7) is 5.56. The molecular formula is C14H26N2O3. The van der Waals surface area contributed by atoms with Gasteiger partial charge in [-0.3, -0.25) is 4.79 Å². The Morgan fingerprint density at radius 3 is 2.58 bits per heavy atom. The summed E-state index contributed by atoms with van der Waals surface area (Å²) < 4.78 is 0.